The molecule has 1 heterocycles. The van der Waals surface area contributed by atoms with Gasteiger partial charge < -0.3 is 9.64 Å². The molecule has 0 atom stereocenters. The Balaban J connectivity index is 1.67. The molecule has 1 saturated carbocycles. The van der Waals surface area contributed by atoms with E-state index in [1.54, 1.807) is 11.0 Å². The van der Waals surface area contributed by atoms with E-state index >= 15 is 0 Å². The van der Waals surface area contributed by atoms with Gasteiger partial charge in [0, 0.05) is 37.3 Å². The predicted octanol–water partition coefficient (Wildman–Crippen LogP) is 4.17. The van der Waals surface area contributed by atoms with Gasteiger partial charge in [-0.2, -0.15) is 0 Å². The van der Waals surface area contributed by atoms with Gasteiger partial charge in [-0.1, -0.05) is 12.1 Å². The highest BCUT2D eigenvalue weighted by molar-refractivity contribution is 9.10. The topological polar surface area (TPSA) is 32.8 Å². The van der Waals surface area contributed by atoms with Crippen molar-refractivity contribution < 1.29 is 13.9 Å². The molecular formula is C18H24BrFN2O2. The van der Waals surface area contributed by atoms with Crippen LogP contribution in [0.1, 0.15) is 39.2 Å². The van der Waals surface area contributed by atoms with Crippen molar-refractivity contribution in [2.45, 2.75) is 51.3 Å². The minimum Gasteiger partial charge on any atom is -0.444 e. The largest absolute Gasteiger partial charge is 0.444 e. The van der Waals surface area contributed by atoms with Gasteiger partial charge >= 0.3 is 6.09 Å². The van der Waals surface area contributed by atoms with Crippen molar-refractivity contribution in [1.82, 2.24) is 9.80 Å². The lowest BCUT2D eigenvalue weighted by Gasteiger charge is -2.42. The van der Waals surface area contributed by atoms with Crippen molar-refractivity contribution in [3.05, 3.63) is 34.1 Å². The number of nitrogens with zero attached hydrogens (tertiary/aromatic N) is 2. The molecule has 24 heavy (non-hydrogen) atoms. The highest BCUT2D eigenvalue weighted by Crippen LogP contribution is 2.45. The Morgan fingerprint density at radius 1 is 1.33 bits per heavy atom. The molecule has 1 saturated heterocycles. The maximum absolute atomic E-state index is 14.3. The van der Waals surface area contributed by atoms with Gasteiger partial charge in [0.15, 0.2) is 0 Å². The third-order valence-corrected chi connectivity index (χ3v) is 5.28. The highest BCUT2D eigenvalue weighted by atomic mass is 79.9. The van der Waals surface area contributed by atoms with Crippen LogP contribution in [0.25, 0.3) is 0 Å². The lowest BCUT2D eigenvalue weighted by Crippen LogP contribution is -2.56. The molecule has 2 aliphatic rings. The number of amides is 1. The molecule has 1 amide bonds. The second-order valence-electron chi connectivity index (χ2n) is 7.76. The SMILES string of the molecule is CC(C)(C)OC(=O)N1CCN(Cc2cccc(Br)c2F)C2(CC2)C1. The van der Waals surface area contributed by atoms with Crippen LogP contribution in [-0.4, -0.2) is 46.7 Å². The Hall–Kier alpha value is -1.14. The van der Waals surface area contributed by atoms with Crippen LogP contribution in [0.2, 0.25) is 0 Å². The Kier molecular flexibility index (Phi) is 4.64. The van der Waals surface area contributed by atoms with Gasteiger partial charge in [-0.05, 0) is 55.6 Å². The maximum atomic E-state index is 14.3. The van der Waals surface area contributed by atoms with Crippen molar-refractivity contribution in [3.63, 3.8) is 0 Å². The first-order valence-electron chi connectivity index (χ1n) is 8.36. The van der Waals surface area contributed by atoms with E-state index in [1.807, 2.05) is 32.9 Å². The standard InChI is InChI=1S/C18H24BrFN2O2/c1-17(2,3)24-16(23)21-9-10-22(18(12-21)7-8-18)11-13-5-4-6-14(19)15(13)20/h4-6H,7-12H2,1-3H3. The molecule has 2 fully saturated rings. The first-order chi connectivity index (χ1) is 11.2. The van der Waals surface area contributed by atoms with Crippen molar-refractivity contribution in [3.8, 4) is 0 Å². The maximum Gasteiger partial charge on any atom is 0.410 e. The van der Waals surface area contributed by atoms with Crippen molar-refractivity contribution >= 4 is 22.0 Å². The van der Waals surface area contributed by atoms with Crippen LogP contribution in [0.15, 0.2) is 22.7 Å². The molecule has 6 heteroatoms. The fraction of sp³-hybridized carbons (Fsp3) is 0.611. The summed E-state index contributed by atoms with van der Waals surface area (Å²) in [5.41, 5.74) is 0.204. The van der Waals surface area contributed by atoms with Crippen molar-refractivity contribution in [1.29, 1.82) is 0 Å². The molecule has 3 rings (SSSR count). The lowest BCUT2D eigenvalue weighted by molar-refractivity contribution is -0.00259. The second kappa shape index (κ2) is 6.30. The highest BCUT2D eigenvalue weighted by Gasteiger charge is 2.52. The van der Waals surface area contributed by atoms with Crippen LogP contribution in [0.5, 0.6) is 0 Å². The van der Waals surface area contributed by atoms with Gasteiger partial charge in [0.05, 0.1) is 4.47 Å². The minimum absolute atomic E-state index is 0.0100. The Morgan fingerprint density at radius 2 is 2.04 bits per heavy atom. The van der Waals surface area contributed by atoms with Crippen molar-refractivity contribution in [2.75, 3.05) is 19.6 Å². The number of carbonyl (C=O) groups is 1. The predicted molar refractivity (Wildman–Crippen MR) is 94.3 cm³/mol. The van der Waals surface area contributed by atoms with Gasteiger partial charge in [-0.3, -0.25) is 4.90 Å². The number of halogens is 2. The quantitative estimate of drug-likeness (QED) is 0.748. The second-order valence-corrected chi connectivity index (χ2v) is 8.62. The molecular weight excluding hydrogens is 375 g/mol. The van der Waals surface area contributed by atoms with Crippen molar-refractivity contribution in [2.24, 2.45) is 0 Å². The summed E-state index contributed by atoms with van der Waals surface area (Å²) in [6, 6.07) is 5.40. The molecule has 1 aromatic rings. The van der Waals surface area contributed by atoms with Gasteiger partial charge in [0.2, 0.25) is 0 Å². The molecule has 1 aromatic carbocycles. The zero-order valence-corrected chi connectivity index (χ0v) is 16.0. The summed E-state index contributed by atoms with van der Waals surface area (Å²) in [6.07, 6.45) is 1.84. The van der Waals surface area contributed by atoms with E-state index in [4.69, 9.17) is 4.74 Å². The van der Waals surface area contributed by atoms with Crippen LogP contribution in [0, 0.1) is 5.82 Å². The molecule has 0 bridgehead atoms. The number of hydrogen-bond acceptors (Lipinski definition) is 3. The van der Waals surface area contributed by atoms with Gasteiger partial charge in [-0.15, -0.1) is 0 Å². The smallest absolute Gasteiger partial charge is 0.410 e. The summed E-state index contributed by atoms with van der Waals surface area (Å²) in [5.74, 6) is -0.192. The number of carbonyl (C=O) groups excluding carboxylic acids is 1. The van der Waals surface area contributed by atoms with Gasteiger partial charge in [0.1, 0.15) is 11.4 Å². The summed E-state index contributed by atoms with van der Waals surface area (Å²) in [5, 5.41) is 0. The van der Waals surface area contributed by atoms with E-state index in [2.05, 4.69) is 20.8 Å². The van der Waals surface area contributed by atoms with Crippen LogP contribution in [0.3, 0.4) is 0 Å². The average molecular weight is 399 g/mol. The summed E-state index contributed by atoms with van der Waals surface area (Å²) in [4.78, 5) is 16.4. The Bertz CT molecular complexity index is 640. The number of hydrogen-bond donors (Lipinski definition) is 0. The fourth-order valence-corrected chi connectivity index (χ4v) is 3.64. The third kappa shape index (κ3) is 3.75. The van der Waals surface area contributed by atoms with E-state index in [0.29, 0.717) is 29.7 Å². The summed E-state index contributed by atoms with van der Waals surface area (Å²) in [6.45, 7) is 8.24. The minimum atomic E-state index is -0.482. The fourth-order valence-electron chi connectivity index (χ4n) is 3.24. The first kappa shape index (κ1) is 17.7. The van der Waals surface area contributed by atoms with Crippen LogP contribution in [0.4, 0.5) is 9.18 Å². The molecule has 0 radical (unpaired) electrons. The van der Waals surface area contributed by atoms with Gasteiger partial charge in [0.25, 0.3) is 0 Å². The molecule has 0 N–H and O–H groups in total. The van der Waals surface area contributed by atoms with E-state index < -0.39 is 5.60 Å². The van der Waals surface area contributed by atoms with E-state index in [1.165, 1.54) is 0 Å². The first-order valence-corrected chi connectivity index (χ1v) is 9.15. The van der Waals surface area contributed by atoms with E-state index in [-0.39, 0.29) is 17.4 Å². The summed E-state index contributed by atoms with van der Waals surface area (Å²) < 4.78 is 20.2. The average Bonchev–Trinajstić information content (AvgIpc) is 3.24. The number of benzene rings is 1. The molecule has 1 spiro atoms. The van der Waals surface area contributed by atoms with Crippen LogP contribution < -0.4 is 0 Å². The zero-order valence-electron chi connectivity index (χ0n) is 14.4. The molecule has 132 valence electrons. The zero-order chi connectivity index (χ0) is 17.5. The number of ether oxygens (including phenoxy) is 1. The Morgan fingerprint density at radius 3 is 2.67 bits per heavy atom. The van der Waals surface area contributed by atoms with E-state index in [9.17, 15) is 9.18 Å². The molecule has 1 aliphatic heterocycles. The van der Waals surface area contributed by atoms with Crippen LogP contribution >= 0.6 is 15.9 Å². The molecule has 1 aliphatic carbocycles. The summed E-state index contributed by atoms with van der Waals surface area (Å²) >= 11 is 3.25. The third-order valence-electron chi connectivity index (χ3n) is 4.67. The molecule has 0 aromatic heterocycles. The lowest BCUT2D eigenvalue weighted by atomic mass is 10.1. The van der Waals surface area contributed by atoms with Crippen LogP contribution in [-0.2, 0) is 11.3 Å². The monoisotopic (exact) mass is 398 g/mol. The Labute approximate surface area is 151 Å². The normalized spacial score (nSPS) is 20.3. The van der Waals surface area contributed by atoms with Gasteiger partial charge in [-0.25, -0.2) is 9.18 Å². The van der Waals surface area contributed by atoms with E-state index in [0.717, 1.165) is 19.4 Å². The molecule has 4 nitrogen and oxygen atoms in total. The molecule has 0 unspecified atom stereocenters. The number of piperazine rings is 1. The number of rotatable bonds is 2. The summed E-state index contributed by atoms with van der Waals surface area (Å²) in [7, 11) is 0.